The topological polar surface area (TPSA) is 20.2 Å². The Labute approximate surface area is 131 Å². The number of hydrogen-bond donors (Lipinski definition) is 1. The van der Waals surface area contributed by atoms with Crippen molar-refractivity contribution in [3.8, 4) is 0 Å². The van der Waals surface area contributed by atoms with Crippen molar-refractivity contribution in [1.82, 2.24) is 0 Å². The minimum atomic E-state index is -0.702. The van der Waals surface area contributed by atoms with Crippen LogP contribution in [0.25, 0.3) is 0 Å². The van der Waals surface area contributed by atoms with Gasteiger partial charge in [0.2, 0.25) is 0 Å². The molecule has 2 bridgehead atoms. The summed E-state index contributed by atoms with van der Waals surface area (Å²) in [7, 11) is 0. The molecule has 120 valence electrons. The summed E-state index contributed by atoms with van der Waals surface area (Å²) < 4.78 is 0. The fourth-order valence-electron chi connectivity index (χ4n) is 3.41. The first kappa shape index (κ1) is 18.2. The summed E-state index contributed by atoms with van der Waals surface area (Å²) in [4.78, 5) is 0. The number of rotatable bonds is 4. The van der Waals surface area contributed by atoms with E-state index in [4.69, 9.17) is 0 Å². The highest BCUT2D eigenvalue weighted by atomic mass is 16.3. The van der Waals surface area contributed by atoms with Crippen molar-refractivity contribution < 1.29 is 5.11 Å². The third-order valence-corrected chi connectivity index (χ3v) is 5.39. The number of hydrogen-bond acceptors (Lipinski definition) is 1. The lowest BCUT2D eigenvalue weighted by Crippen LogP contribution is -2.47. The van der Waals surface area contributed by atoms with Gasteiger partial charge in [0.25, 0.3) is 0 Å². The molecule has 0 amide bonds. The van der Waals surface area contributed by atoms with Crippen LogP contribution in [0.4, 0.5) is 0 Å². The fourth-order valence-corrected chi connectivity index (χ4v) is 3.41. The van der Waals surface area contributed by atoms with Gasteiger partial charge in [0.05, 0.1) is 5.60 Å². The van der Waals surface area contributed by atoms with Crippen LogP contribution in [0, 0.1) is 17.3 Å². The number of aliphatic hydroxyl groups is 1. The minimum absolute atomic E-state index is 0.638. The summed E-state index contributed by atoms with van der Waals surface area (Å²) >= 11 is 0. The van der Waals surface area contributed by atoms with E-state index in [1.807, 2.05) is 0 Å². The molecule has 3 atom stereocenters. The van der Waals surface area contributed by atoms with E-state index in [1.54, 1.807) is 18.6 Å². The SMILES string of the molecule is C=CC(C)(O)CCC=C(C)C.CC1=CCC2CC1C2(C)C. The zero-order chi connectivity index (χ0) is 16.3. The van der Waals surface area contributed by atoms with Crippen LogP contribution in [0.1, 0.15) is 67.2 Å². The molecule has 0 spiro atoms. The smallest absolute Gasteiger partial charge is 0.0800 e. The van der Waals surface area contributed by atoms with Crippen LogP contribution in [0.5, 0.6) is 0 Å². The summed E-state index contributed by atoms with van der Waals surface area (Å²) in [5, 5.41) is 9.49. The van der Waals surface area contributed by atoms with Crippen molar-refractivity contribution in [1.29, 1.82) is 0 Å². The van der Waals surface area contributed by atoms with Crippen LogP contribution in [0.15, 0.2) is 36.0 Å². The molecule has 0 aliphatic heterocycles. The molecule has 21 heavy (non-hydrogen) atoms. The monoisotopic (exact) mass is 290 g/mol. The van der Waals surface area contributed by atoms with Crippen LogP contribution in [0.3, 0.4) is 0 Å². The van der Waals surface area contributed by atoms with Gasteiger partial charge in [0.15, 0.2) is 0 Å². The molecular formula is C20H34O. The predicted molar refractivity (Wildman–Crippen MR) is 93.2 cm³/mol. The lowest BCUT2D eigenvalue weighted by molar-refractivity contribution is -0.00579. The number of allylic oxidation sites excluding steroid dienone is 4. The first-order chi connectivity index (χ1) is 9.60. The van der Waals surface area contributed by atoms with Gasteiger partial charge in [0, 0.05) is 0 Å². The minimum Gasteiger partial charge on any atom is -0.386 e. The molecule has 1 nitrogen and oxygen atoms in total. The number of fused-ring (bicyclic) bond motifs is 1. The Morgan fingerprint density at radius 1 is 1.48 bits per heavy atom. The highest BCUT2D eigenvalue weighted by molar-refractivity contribution is 5.21. The Morgan fingerprint density at radius 2 is 2.10 bits per heavy atom. The maximum Gasteiger partial charge on any atom is 0.0800 e. The van der Waals surface area contributed by atoms with Crippen molar-refractivity contribution in [2.75, 3.05) is 0 Å². The first-order valence-electron chi connectivity index (χ1n) is 8.26. The molecule has 1 saturated carbocycles. The lowest BCUT2D eigenvalue weighted by Gasteiger charge is -2.56. The molecule has 0 aromatic heterocycles. The van der Waals surface area contributed by atoms with Crippen LogP contribution in [-0.2, 0) is 0 Å². The molecule has 0 heterocycles. The van der Waals surface area contributed by atoms with Crippen LogP contribution in [-0.4, -0.2) is 10.7 Å². The van der Waals surface area contributed by atoms with Crippen molar-refractivity contribution >= 4 is 0 Å². The third kappa shape index (κ3) is 4.85. The molecule has 3 aliphatic rings. The van der Waals surface area contributed by atoms with E-state index in [9.17, 15) is 5.11 Å². The summed E-state index contributed by atoms with van der Waals surface area (Å²) in [5.41, 5.74) is 2.88. The van der Waals surface area contributed by atoms with E-state index in [0.717, 1.165) is 24.7 Å². The van der Waals surface area contributed by atoms with Crippen molar-refractivity contribution in [2.24, 2.45) is 17.3 Å². The van der Waals surface area contributed by atoms with Gasteiger partial charge in [-0.15, -0.1) is 6.58 Å². The second-order valence-electron chi connectivity index (χ2n) is 7.87. The molecule has 1 fully saturated rings. The average molecular weight is 290 g/mol. The molecule has 0 radical (unpaired) electrons. The van der Waals surface area contributed by atoms with Gasteiger partial charge < -0.3 is 5.11 Å². The van der Waals surface area contributed by atoms with Crippen LogP contribution >= 0.6 is 0 Å². The van der Waals surface area contributed by atoms with Gasteiger partial charge in [0.1, 0.15) is 0 Å². The second kappa shape index (κ2) is 6.96. The highest BCUT2D eigenvalue weighted by Crippen LogP contribution is 2.58. The van der Waals surface area contributed by atoms with Crippen molar-refractivity contribution in [3.05, 3.63) is 36.0 Å². The Balaban J connectivity index is 0.000000210. The van der Waals surface area contributed by atoms with Crippen molar-refractivity contribution in [2.45, 2.75) is 72.8 Å². The summed E-state index contributed by atoms with van der Waals surface area (Å²) in [5.74, 6) is 1.92. The zero-order valence-corrected chi connectivity index (χ0v) is 14.9. The quantitative estimate of drug-likeness (QED) is 0.661. The van der Waals surface area contributed by atoms with Crippen molar-refractivity contribution in [3.63, 3.8) is 0 Å². The Bertz CT molecular complexity index is 419. The normalized spacial score (nSPS) is 28.0. The molecule has 0 aromatic carbocycles. The van der Waals surface area contributed by atoms with Crippen LogP contribution < -0.4 is 0 Å². The highest BCUT2D eigenvalue weighted by Gasteiger charge is 2.49. The maximum atomic E-state index is 9.49. The molecular weight excluding hydrogens is 256 g/mol. The Hall–Kier alpha value is -0.820. The van der Waals surface area contributed by atoms with Gasteiger partial charge in [-0.2, -0.15) is 0 Å². The molecule has 3 aliphatic carbocycles. The van der Waals surface area contributed by atoms with Gasteiger partial charge in [-0.1, -0.05) is 43.2 Å². The third-order valence-electron chi connectivity index (χ3n) is 5.39. The van der Waals surface area contributed by atoms with Crippen LogP contribution in [0.2, 0.25) is 0 Å². The van der Waals surface area contributed by atoms with E-state index in [0.29, 0.717) is 5.41 Å². The summed E-state index contributed by atoms with van der Waals surface area (Å²) in [6.45, 7) is 16.6. The molecule has 0 saturated heterocycles. The first-order valence-corrected chi connectivity index (χ1v) is 8.26. The Kier molecular flexibility index (Phi) is 6.04. The summed E-state index contributed by atoms with van der Waals surface area (Å²) in [6.07, 6.45) is 10.6. The maximum absolute atomic E-state index is 9.49. The predicted octanol–water partition coefficient (Wildman–Crippen LogP) is 5.67. The lowest BCUT2D eigenvalue weighted by atomic mass is 9.49. The van der Waals surface area contributed by atoms with Gasteiger partial charge >= 0.3 is 0 Å². The average Bonchev–Trinajstić information content (AvgIpc) is 2.38. The second-order valence-corrected chi connectivity index (χ2v) is 7.87. The molecule has 3 unspecified atom stereocenters. The zero-order valence-electron chi connectivity index (χ0n) is 14.9. The van der Waals surface area contributed by atoms with E-state index in [2.05, 4.69) is 53.3 Å². The standard InChI is InChI=1S/C10H18O.C10H16/c1-5-10(4,11)8-6-7-9(2)3;1-7-4-5-8-6-9(7)10(8,2)3/h5,7,11H,1,6,8H2,2-4H3;4,8-9H,5-6H2,1-3H3. The fraction of sp³-hybridized carbons (Fsp3) is 0.700. The van der Waals surface area contributed by atoms with Gasteiger partial charge in [-0.05, 0) is 70.6 Å². The molecule has 0 aromatic rings. The van der Waals surface area contributed by atoms with E-state index >= 15 is 0 Å². The molecule has 1 heteroatoms. The van der Waals surface area contributed by atoms with Gasteiger partial charge in [-0.25, -0.2) is 0 Å². The van der Waals surface area contributed by atoms with Gasteiger partial charge in [-0.3, -0.25) is 0 Å². The van der Waals surface area contributed by atoms with E-state index < -0.39 is 5.60 Å². The van der Waals surface area contributed by atoms with E-state index in [-0.39, 0.29) is 0 Å². The largest absolute Gasteiger partial charge is 0.386 e. The summed E-state index contributed by atoms with van der Waals surface area (Å²) in [6, 6.07) is 0. The molecule has 1 N–H and O–H groups in total. The molecule has 3 rings (SSSR count). The Morgan fingerprint density at radius 3 is 2.43 bits per heavy atom. The van der Waals surface area contributed by atoms with E-state index in [1.165, 1.54) is 18.4 Å².